The number of oxazole rings is 1. The van der Waals surface area contributed by atoms with Crippen LogP contribution < -0.4 is 0 Å². The number of rotatable bonds is 7. The first-order chi connectivity index (χ1) is 14.5. The standard InChI is InChI=1S/C23H20N2O4S/c1-15-18(24-21(29-15)17-10-6-3-7-11-17)12-13-19(26)20-22(27)25(23(28)30-20)14-16-8-4-2-5-9-16/h2-11,20H,12-14H2,1H3. The molecular formula is C23H20N2O4S. The Balaban J connectivity index is 1.39. The lowest BCUT2D eigenvalue weighted by Crippen LogP contribution is -2.34. The minimum absolute atomic E-state index is 0.122. The van der Waals surface area contributed by atoms with Crippen LogP contribution >= 0.6 is 11.8 Å². The van der Waals surface area contributed by atoms with Crippen LogP contribution in [-0.4, -0.2) is 32.1 Å². The molecule has 0 bridgehead atoms. The summed E-state index contributed by atoms with van der Waals surface area (Å²) in [5.41, 5.74) is 2.39. The summed E-state index contributed by atoms with van der Waals surface area (Å²) in [5.74, 6) is 0.443. The molecule has 2 aromatic carbocycles. The van der Waals surface area contributed by atoms with Crippen molar-refractivity contribution < 1.29 is 18.8 Å². The molecule has 2 heterocycles. The summed E-state index contributed by atoms with van der Waals surface area (Å²) in [5, 5.41) is -1.37. The number of amides is 2. The van der Waals surface area contributed by atoms with Crippen molar-refractivity contribution >= 4 is 28.7 Å². The van der Waals surface area contributed by atoms with Crippen LogP contribution in [0.25, 0.3) is 11.5 Å². The summed E-state index contributed by atoms with van der Waals surface area (Å²) in [7, 11) is 0. The second kappa shape index (κ2) is 8.67. The smallest absolute Gasteiger partial charge is 0.289 e. The van der Waals surface area contributed by atoms with Gasteiger partial charge in [0.05, 0.1) is 12.2 Å². The average molecular weight is 420 g/mol. The first-order valence-corrected chi connectivity index (χ1v) is 10.5. The van der Waals surface area contributed by atoms with Crippen LogP contribution in [0.4, 0.5) is 4.79 Å². The number of imide groups is 1. The fourth-order valence-electron chi connectivity index (χ4n) is 3.30. The maximum Gasteiger partial charge on any atom is 0.289 e. The van der Waals surface area contributed by atoms with Gasteiger partial charge in [-0.1, -0.05) is 48.5 Å². The van der Waals surface area contributed by atoms with Crippen LogP contribution in [0, 0.1) is 6.92 Å². The van der Waals surface area contributed by atoms with Crippen molar-refractivity contribution in [3.63, 3.8) is 0 Å². The molecule has 6 nitrogen and oxygen atoms in total. The molecule has 0 radical (unpaired) electrons. The third kappa shape index (κ3) is 4.21. The molecule has 7 heteroatoms. The summed E-state index contributed by atoms with van der Waals surface area (Å²) in [6.45, 7) is 1.98. The number of carbonyl (C=O) groups excluding carboxylic acids is 3. The van der Waals surface area contributed by atoms with Crippen molar-refractivity contribution in [3.05, 3.63) is 77.7 Å². The number of ketones is 1. The van der Waals surface area contributed by atoms with Crippen LogP contribution in [0.3, 0.4) is 0 Å². The highest BCUT2D eigenvalue weighted by Crippen LogP contribution is 2.30. The highest BCUT2D eigenvalue weighted by atomic mass is 32.2. The van der Waals surface area contributed by atoms with Gasteiger partial charge in [0.15, 0.2) is 11.0 Å². The van der Waals surface area contributed by atoms with Crippen LogP contribution in [0.2, 0.25) is 0 Å². The van der Waals surface area contributed by atoms with E-state index in [1.165, 1.54) is 0 Å². The van der Waals surface area contributed by atoms with Crippen molar-refractivity contribution in [1.82, 2.24) is 9.88 Å². The molecule has 2 amide bonds. The number of aryl methyl sites for hydroxylation is 2. The molecule has 0 spiro atoms. The summed E-state index contributed by atoms with van der Waals surface area (Å²) in [4.78, 5) is 43.3. The topological polar surface area (TPSA) is 80.5 Å². The molecule has 1 fully saturated rings. The molecule has 1 aromatic heterocycles. The Bertz CT molecular complexity index is 1080. The second-order valence-electron chi connectivity index (χ2n) is 7.03. The van der Waals surface area contributed by atoms with Crippen molar-refractivity contribution in [2.45, 2.75) is 31.6 Å². The molecule has 1 unspecified atom stereocenters. The lowest BCUT2D eigenvalue weighted by Gasteiger charge is -2.13. The molecule has 0 aliphatic carbocycles. The Labute approximate surface area is 178 Å². The predicted octanol–water partition coefficient (Wildman–Crippen LogP) is 4.42. The second-order valence-corrected chi connectivity index (χ2v) is 8.08. The normalized spacial score (nSPS) is 16.3. The zero-order valence-electron chi connectivity index (χ0n) is 16.4. The van der Waals surface area contributed by atoms with Gasteiger partial charge in [-0.2, -0.15) is 0 Å². The molecule has 1 saturated heterocycles. The number of nitrogens with zero attached hydrogens (tertiary/aromatic N) is 2. The Morgan fingerprint density at radius 3 is 2.43 bits per heavy atom. The van der Waals surface area contributed by atoms with Crippen LogP contribution in [0.1, 0.15) is 23.4 Å². The van der Waals surface area contributed by atoms with Gasteiger partial charge in [0.2, 0.25) is 5.89 Å². The van der Waals surface area contributed by atoms with E-state index in [-0.39, 0.29) is 24.0 Å². The maximum atomic E-state index is 12.7. The van der Waals surface area contributed by atoms with E-state index in [2.05, 4.69) is 4.98 Å². The zero-order chi connectivity index (χ0) is 21.1. The highest BCUT2D eigenvalue weighted by Gasteiger charge is 2.43. The van der Waals surface area contributed by atoms with Crippen molar-refractivity contribution in [1.29, 1.82) is 0 Å². The average Bonchev–Trinajstić information content (AvgIpc) is 3.28. The van der Waals surface area contributed by atoms with E-state index in [9.17, 15) is 14.4 Å². The van der Waals surface area contributed by atoms with E-state index in [0.717, 1.165) is 27.8 Å². The van der Waals surface area contributed by atoms with Gasteiger partial charge in [0, 0.05) is 18.4 Å². The molecule has 4 rings (SSSR count). The highest BCUT2D eigenvalue weighted by molar-refractivity contribution is 8.15. The van der Waals surface area contributed by atoms with E-state index in [1.807, 2.05) is 60.7 Å². The molecule has 0 N–H and O–H groups in total. The Morgan fingerprint density at radius 2 is 1.73 bits per heavy atom. The Hall–Kier alpha value is -3.19. The van der Waals surface area contributed by atoms with E-state index >= 15 is 0 Å². The zero-order valence-corrected chi connectivity index (χ0v) is 17.2. The maximum absolute atomic E-state index is 12.7. The number of hydrogen-bond acceptors (Lipinski definition) is 6. The van der Waals surface area contributed by atoms with Gasteiger partial charge in [-0.05, 0) is 36.4 Å². The van der Waals surface area contributed by atoms with Gasteiger partial charge in [-0.3, -0.25) is 19.3 Å². The monoisotopic (exact) mass is 420 g/mol. The van der Waals surface area contributed by atoms with Crippen molar-refractivity contribution in [2.24, 2.45) is 0 Å². The van der Waals surface area contributed by atoms with Crippen molar-refractivity contribution in [2.75, 3.05) is 0 Å². The Kier molecular flexibility index (Phi) is 5.81. The first kappa shape index (κ1) is 20.1. The lowest BCUT2D eigenvalue weighted by molar-refractivity contribution is -0.131. The SMILES string of the molecule is Cc1oc(-c2ccccc2)nc1CCC(=O)C1SC(=O)N(Cc2ccccc2)C1=O. The van der Waals surface area contributed by atoms with Gasteiger partial charge in [-0.25, -0.2) is 4.98 Å². The van der Waals surface area contributed by atoms with Crippen LogP contribution in [-0.2, 0) is 22.6 Å². The molecule has 0 saturated carbocycles. The van der Waals surface area contributed by atoms with Gasteiger partial charge in [-0.15, -0.1) is 0 Å². The van der Waals surface area contributed by atoms with E-state index in [0.29, 0.717) is 23.8 Å². The lowest BCUT2D eigenvalue weighted by atomic mass is 10.1. The first-order valence-electron chi connectivity index (χ1n) is 9.63. The molecular weight excluding hydrogens is 400 g/mol. The number of Topliss-reactive ketones (excluding diaryl/α,β-unsaturated/α-hetero) is 1. The summed E-state index contributed by atoms with van der Waals surface area (Å²) in [6, 6.07) is 18.8. The third-order valence-corrected chi connectivity index (χ3v) is 6.05. The molecule has 152 valence electrons. The molecule has 3 aromatic rings. The third-order valence-electron chi connectivity index (χ3n) is 4.93. The van der Waals surface area contributed by atoms with Crippen molar-refractivity contribution in [3.8, 4) is 11.5 Å². The number of benzene rings is 2. The van der Waals surface area contributed by atoms with E-state index in [1.54, 1.807) is 6.92 Å². The van der Waals surface area contributed by atoms with E-state index < -0.39 is 11.2 Å². The molecule has 1 atom stereocenters. The fraction of sp³-hybridized carbons (Fsp3) is 0.217. The predicted molar refractivity (Wildman–Crippen MR) is 114 cm³/mol. The Morgan fingerprint density at radius 1 is 1.07 bits per heavy atom. The van der Waals surface area contributed by atoms with Gasteiger partial charge >= 0.3 is 0 Å². The largest absolute Gasteiger partial charge is 0.441 e. The molecule has 1 aliphatic heterocycles. The number of aromatic nitrogens is 1. The summed E-state index contributed by atoms with van der Waals surface area (Å²) >= 11 is 0.795. The van der Waals surface area contributed by atoms with Crippen LogP contribution in [0.5, 0.6) is 0 Å². The van der Waals surface area contributed by atoms with Gasteiger partial charge in [0.25, 0.3) is 11.1 Å². The number of thioether (sulfide) groups is 1. The van der Waals surface area contributed by atoms with Crippen LogP contribution in [0.15, 0.2) is 65.1 Å². The minimum Gasteiger partial charge on any atom is -0.441 e. The number of hydrogen-bond donors (Lipinski definition) is 0. The molecule has 1 aliphatic rings. The van der Waals surface area contributed by atoms with Gasteiger partial charge < -0.3 is 4.42 Å². The number of carbonyl (C=O) groups is 3. The fourth-order valence-corrected chi connectivity index (χ4v) is 4.26. The minimum atomic E-state index is -0.984. The van der Waals surface area contributed by atoms with Gasteiger partial charge in [0.1, 0.15) is 5.76 Å². The quantitative estimate of drug-likeness (QED) is 0.527. The van der Waals surface area contributed by atoms with E-state index in [4.69, 9.17) is 4.42 Å². The molecule has 30 heavy (non-hydrogen) atoms. The summed E-state index contributed by atoms with van der Waals surface area (Å²) < 4.78 is 5.72. The summed E-state index contributed by atoms with van der Waals surface area (Å²) in [6.07, 6.45) is 0.482.